The third-order valence-corrected chi connectivity index (χ3v) is 3.22. The number of carbonyl (C=O) groups is 1. The van der Waals surface area contributed by atoms with Gasteiger partial charge in [-0.15, -0.1) is 0 Å². The molecular formula is C15H24ClN3O2. The number of hydrogen-bond donors (Lipinski definition) is 3. The van der Waals surface area contributed by atoms with Crippen LogP contribution in [0.3, 0.4) is 0 Å². The Morgan fingerprint density at radius 3 is 2.71 bits per heavy atom. The Bertz CT molecular complexity index is 486. The van der Waals surface area contributed by atoms with Crippen molar-refractivity contribution in [2.24, 2.45) is 0 Å². The maximum atomic E-state index is 11.8. The lowest BCUT2D eigenvalue weighted by molar-refractivity contribution is -0.116. The molecule has 0 saturated carbocycles. The first-order valence-electron chi connectivity index (χ1n) is 6.93. The van der Waals surface area contributed by atoms with Crippen molar-refractivity contribution in [1.82, 2.24) is 4.90 Å². The number of rotatable bonds is 7. The lowest BCUT2D eigenvalue weighted by Crippen LogP contribution is -2.36. The minimum absolute atomic E-state index is 0.0617. The summed E-state index contributed by atoms with van der Waals surface area (Å²) < 4.78 is 0. The first-order valence-corrected chi connectivity index (χ1v) is 7.31. The Morgan fingerprint density at radius 1 is 1.48 bits per heavy atom. The lowest BCUT2D eigenvalue weighted by atomic mass is 10.1. The molecular weight excluding hydrogens is 290 g/mol. The largest absolute Gasteiger partial charge is 0.397 e. The predicted molar refractivity (Wildman–Crippen MR) is 87.5 cm³/mol. The van der Waals surface area contributed by atoms with E-state index in [1.807, 2.05) is 11.9 Å². The van der Waals surface area contributed by atoms with Gasteiger partial charge in [-0.2, -0.15) is 0 Å². The number of anilines is 2. The van der Waals surface area contributed by atoms with Crippen LogP contribution in [0.15, 0.2) is 18.2 Å². The number of hydrogen-bond acceptors (Lipinski definition) is 4. The monoisotopic (exact) mass is 313 g/mol. The van der Waals surface area contributed by atoms with E-state index in [1.165, 1.54) is 0 Å². The highest BCUT2D eigenvalue weighted by atomic mass is 35.5. The van der Waals surface area contributed by atoms with Gasteiger partial charge in [0.1, 0.15) is 0 Å². The molecule has 5 nitrogen and oxygen atoms in total. The third kappa shape index (κ3) is 7.32. The predicted octanol–water partition coefficient (Wildman–Crippen LogP) is 2.34. The molecule has 0 aromatic heterocycles. The van der Waals surface area contributed by atoms with Gasteiger partial charge in [0.15, 0.2) is 0 Å². The van der Waals surface area contributed by atoms with Gasteiger partial charge in [-0.05, 0) is 52.1 Å². The smallest absolute Gasteiger partial charge is 0.224 e. The molecule has 0 atom stereocenters. The van der Waals surface area contributed by atoms with Crippen molar-refractivity contribution in [2.75, 3.05) is 31.2 Å². The van der Waals surface area contributed by atoms with Crippen LogP contribution in [0, 0.1) is 0 Å². The molecule has 0 bridgehead atoms. The summed E-state index contributed by atoms with van der Waals surface area (Å²) in [4.78, 5) is 13.8. The molecule has 1 aromatic carbocycles. The molecule has 1 amide bonds. The fourth-order valence-corrected chi connectivity index (χ4v) is 2.21. The lowest BCUT2D eigenvalue weighted by Gasteiger charge is -2.25. The normalized spacial score (nSPS) is 11.7. The minimum Gasteiger partial charge on any atom is -0.397 e. The highest BCUT2D eigenvalue weighted by molar-refractivity contribution is 6.33. The Hall–Kier alpha value is -1.30. The molecule has 1 aromatic rings. The topological polar surface area (TPSA) is 78.6 Å². The summed E-state index contributed by atoms with van der Waals surface area (Å²) in [5.41, 5.74) is 6.05. The maximum Gasteiger partial charge on any atom is 0.224 e. The number of nitrogens with zero attached hydrogens (tertiary/aromatic N) is 1. The van der Waals surface area contributed by atoms with E-state index in [9.17, 15) is 9.90 Å². The van der Waals surface area contributed by atoms with Gasteiger partial charge in [-0.25, -0.2) is 0 Å². The average molecular weight is 314 g/mol. The van der Waals surface area contributed by atoms with E-state index in [0.717, 1.165) is 13.0 Å². The van der Waals surface area contributed by atoms with Crippen LogP contribution in [0.2, 0.25) is 5.02 Å². The van der Waals surface area contributed by atoms with Gasteiger partial charge in [-0.1, -0.05) is 11.6 Å². The van der Waals surface area contributed by atoms with Crippen molar-refractivity contribution in [3.05, 3.63) is 23.2 Å². The van der Waals surface area contributed by atoms with Gasteiger partial charge in [0.25, 0.3) is 0 Å². The van der Waals surface area contributed by atoms with Gasteiger partial charge >= 0.3 is 0 Å². The number of nitrogens with one attached hydrogen (secondary N) is 1. The number of amides is 1. The molecule has 0 unspecified atom stereocenters. The molecule has 118 valence electrons. The van der Waals surface area contributed by atoms with E-state index in [2.05, 4.69) is 5.32 Å². The molecule has 0 fully saturated rings. The zero-order valence-corrected chi connectivity index (χ0v) is 13.6. The number of halogens is 1. The molecule has 0 aliphatic heterocycles. The fraction of sp³-hybridized carbons (Fsp3) is 0.533. The maximum absolute atomic E-state index is 11.8. The van der Waals surface area contributed by atoms with Crippen LogP contribution in [0.4, 0.5) is 11.4 Å². The highest BCUT2D eigenvalue weighted by Crippen LogP contribution is 2.22. The summed E-state index contributed by atoms with van der Waals surface area (Å²) in [6.07, 6.45) is 1.14. The Balaban J connectivity index is 2.33. The summed E-state index contributed by atoms with van der Waals surface area (Å²) in [5.74, 6) is -0.0617. The zero-order valence-electron chi connectivity index (χ0n) is 12.8. The molecule has 0 aliphatic carbocycles. The fourth-order valence-electron chi connectivity index (χ4n) is 2.09. The number of nitrogens with two attached hydrogens (primary N) is 1. The van der Waals surface area contributed by atoms with E-state index in [-0.39, 0.29) is 5.91 Å². The second-order valence-corrected chi connectivity index (χ2v) is 6.35. The van der Waals surface area contributed by atoms with Crippen molar-refractivity contribution >= 4 is 28.9 Å². The highest BCUT2D eigenvalue weighted by Gasteiger charge is 2.15. The van der Waals surface area contributed by atoms with Crippen LogP contribution in [0.25, 0.3) is 0 Å². The molecule has 21 heavy (non-hydrogen) atoms. The van der Waals surface area contributed by atoms with Crippen LogP contribution in [0.5, 0.6) is 0 Å². The van der Waals surface area contributed by atoms with Crippen molar-refractivity contribution < 1.29 is 9.90 Å². The van der Waals surface area contributed by atoms with Crippen molar-refractivity contribution in [3.8, 4) is 0 Å². The Labute approximate surface area is 131 Å². The van der Waals surface area contributed by atoms with Crippen LogP contribution in [-0.2, 0) is 4.79 Å². The minimum atomic E-state index is -0.724. The number of nitrogen functional groups attached to an aromatic ring is 1. The third-order valence-electron chi connectivity index (χ3n) is 2.88. The molecule has 0 aliphatic rings. The van der Waals surface area contributed by atoms with E-state index in [4.69, 9.17) is 17.3 Å². The second-order valence-electron chi connectivity index (χ2n) is 5.94. The van der Waals surface area contributed by atoms with Crippen molar-refractivity contribution in [2.45, 2.75) is 32.3 Å². The summed E-state index contributed by atoms with van der Waals surface area (Å²) in [5, 5.41) is 13.0. The van der Waals surface area contributed by atoms with E-state index >= 15 is 0 Å². The molecule has 0 heterocycles. The second kappa shape index (κ2) is 7.64. The molecule has 0 radical (unpaired) electrons. The molecule has 0 saturated heterocycles. The van der Waals surface area contributed by atoms with Crippen LogP contribution < -0.4 is 11.1 Å². The summed E-state index contributed by atoms with van der Waals surface area (Å²) >= 11 is 5.82. The van der Waals surface area contributed by atoms with Crippen LogP contribution in [-0.4, -0.2) is 41.7 Å². The zero-order chi connectivity index (χ0) is 16.0. The average Bonchev–Trinajstić information content (AvgIpc) is 2.31. The number of likely N-dealkylation sites (N-methyl/N-ethyl adjacent to an activating group) is 1. The molecule has 6 heteroatoms. The summed E-state index contributed by atoms with van der Waals surface area (Å²) in [6.45, 7) is 4.85. The standard InChI is InChI=1S/C15H24ClN3O2/c1-15(2,21)10-19(3)8-4-5-14(20)18-11-6-7-12(16)13(17)9-11/h6-7,9,21H,4-5,8,10,17H2,1-3H3,(H,18,20). The first-order chi connectivity index (χ1) is 9.67. The first kappa shape index (κ1) is 17.8. The Morgan fingerprint density at radius 2 is 2.14 bits per heavy atom. The van der Waals surface area contributed by atoms with Crippen molar-refractivity contribution in [1.29, 1.82) is 0 Å². The SMILES string of the molecule is CN(CCCC(=O)Nc1ccc(Cl)c(N)c1)CC(C)(C)O. The number of benzene rings is 1. The van der Waals surface area contributed by atoms with Crippen LogP contribution >= 0.6 is 11.6 Å². The molecule has 1 rings (SSSR count). The Kier molecular flexibility index (Phi) is 6.45. The molecule has 0 spiro atoms. The van der Waals surface area contributed by atoms with Gasteiger partial charge in [0, 0.05) is 18.7 Å². The molecule has 4 N–H and O–H groups in total. The van der Waals surface area contributed by atoms with E-state index in [1.54, 1.807) is 32.0 Å². The van der Waals surface area contributed by atoms with Gasteiger partial charge in [0.2, 0.25) is 5.91 Å². The summed E-state index contributed by atoms with van der Waals surface area (Å²) in [6, 6.07) is 5.02. The van der Waals surface area contributed by atoms with E-state index < -0.39 is 5.60 Å². The van der Waals surface area contributed by atoms with Gasteiger partial charge < -0.3 is 21.1 Å². The van der Waals surface area contributed by atoms with Crippen molar-refractivity contribution in [3.63, 3.8) is 0 Å². The quantitative estimate of drug-likeness (QED) is 0.675. The summed E-state index contributed by atoms with van der Waals surface area (Å²) in [7, 11) is 1.93. The number of carbonyl (C=O) groups excluding carboxylic acids is 1. The van der Waals surface area contributed by atoms with E-state index in [0.29, 0.717) is 29.4 Å². The van der Waals surface area contributed by atoms with Gasteiger partial charge in [-0.3, -0.25) is 4.79 Å². The van der Waals surface area contributed by atoms with Gasteiger partial charge in [0.05, 0.1) is 16.3 Å². The number of aliphatic hydroxyl groups is 1. The van der Waals surface area contributed by atoms with Crippen LogP contribution in [0.1, 0.15) is 26.7 Å².